The molecule has 4 heteroatoms. The van der Waals surface area contributed by atoms with Gasteiger partial charge in [0.25, 0.3) is 0 Å². The lowest BCUT2D eigenvalue weighted by atomic mass is 10.2. The topological polar surface area (TPSA) is 33.1 Å². The van der Waals surface area contributed by atoms with Crippen molar-refractivity contribution in [3.63, 3.8) is 0 Å². The largest absolute Gasteiger partial charge is 0.309 e. The Morgan fingerprint density at radius 1 is 1.33 bits per heavy atom. The van der Waals surface area contributed by atoms with E-state index in [1.807, 2.05) is 6.07 Å². The predicted octanol–water partition coefficient (Wildman–Crippen LogP) is 2.13. The molecular formula is C17H22N4. The lowest BCUT2D eigenvalue weighted by Gasteiger charge is -2.14. The lowest BCUT2D eigenvalue weighted by Crippen LogP contribution is -2.28. The number of hydrogen-bond donors (Lipinski definition) is 1. The number of likely N-dealkylation sites (N-methyl/N-ethyl adjacent to an activating group) is 1. The van der Waals surface area contributed by atoms with Gasteiger partial charge in [0, 0.05) is 26.2 Å². The highest BCUT2D eigenvalue weighted by Crippen LogP contribution is 2.09. The first-order valence-electron chi connectivity index (χ1n) is 7.48. The van der Waals surface area contributed by atoms with E-state index in [1.165, 1.54) is 11.3 Å². The molecule has 0 unspecified atom stereocenters. The normalized spacial score (nSPS) is 14.8. The Hall–Kier alpha value is -1.91. The fraction of sp³-hybridized carbons (Fsp3) is 0.353. The number of rotatable bonds is 5. The number of nitrogens with one attached hydrogen (secondary N) is 1. The van der Waals surface area contributed by atoms with Crippen LogP contribution < -0.4 is 5.32 Å². The van der Waals surface area contributed by atoms with Gasteiger partial charge in [-0.3, -0.25) is 9.58 Å². The van der Waals surface area contributed by atoms with Crippen LogP contribution >= 0.6 is 0 Å². The molecular weight excluding hydrogens is 260 g/mol. The monoisotopic (exact) mass is 282 g/mol. The molecule has 0 saturated heterocycles. The maximum atomic E-state index is 4.67. The van der Waals surface area contributed by atoms with Gasteiger partial charge in [0.05, 0.1) is 17.9 Å². The zero-order valence-corrected chi connectivity index (χ0v) is 12.5. The van der Waals surface area contributed by atoms with Crippen LogP contribution in [0.5, 0.6) is 0 Å². The van der Waals surface area contributed by atoms with E-state index in [4.69, 9.17) is 0 Å². The molecule has 110 valence electrons. The van der Waals surface area contributed by atoms with Gasteiger partial charge in [0.1, 0.15) is 0 Å². The molecule has 0 amide bonds. The Labute approximate surface area is 126 Å². The average molecular weight is 282 g/mol. The van der Waals surface area contributed by atoms with Crippen molar-refractivity contribution < 1.29 is 0 Å². The summed E-state index contributed by atoms with van der Waals surface area (Å²) in [4.78, 5) is 2.28. The molecule has 1 aliphatic heterocycles. The molecule has 0 spiro atoms. The molecule has 1 aromatic carbocycles. The maximum Gasteiger partial charge on any atom is 0.0768 e. The van der Waals surface area contributed by atoms with Gasteiger partial charge in [-0.2, -0.15) is 5.10 Å². The van der Waals surface area contributed by atoms with Crippen molar-refractivity contribution in [3.05, 3.63) is 59.4 Å². The highest BCUT2D eigenvalue weighted by molar-refractivity contribution is 5.48. The molecule has 21 heavy (non-hydrogen) atoms. The smallest absolute Gasteiger partial charge is 0.0768 e. The van der Waals surface area contributed by atoms with Crippen molar-refractivity contribution in [1.82, 2.24) is 20.0 Å². The van der Waals surface area contributed by atoms with Crippen LogP contribution in [0.4, 0.5) is 0 Å². The van der Waals surface area contributed by atoms with E-state index in [0.29, 0.717) is 0 Å². The van der Waals surface area contributed by atoms with Crippen LogP contribution in [0.25, 0.3) is 6.08 Å². The third-order valence-corrected chi connectivity index (χ3v) is 3.68. The minimum absolute atomic E-state index is 0.888. The van der Waals surface area contributed by atoms with E-state index in [9.17, 15) is 0 Å². The number of fused-ring (bicyclic) bond motifs is 1. The summed E-state index contributed by atoms with van der Waals surface area (Å²) in [5.74, 6) is 0. The minimum Gasteiger partial charge on any atom is -0.309 e. The Morgan fingerprint density at radius 2 is 2.19 bits per heavy atom. The molecule has 0 aliphatic carbocycles. The summed E-state index contributed by atoms with van der Waals surface area (Å²) in [5, 5.41) is 8.04. The Kier molecular flexibility index (Phi) is 4.48. The Bertz CT molecular complexity index is 577. The predicted molar refractivity (Wildman–Crippen MR) is 85.7 cm³/mol. The second kappa shape index (κ2) is 6.70. The van der Waals surface area contributed by atoms with Gasteiger partial charge >= 0.3 is 0 Å². The third kappa shape index (κ3) is 3.80. The van der Waals surface area contributed by atoms with E-state index in [0.717, 1.165) is 38.4 Å². The molecule has 0 atom stereocenters. The van der Waals surface area contributed by atoms with Crippen molar-refractivity contribution in [1.29, 1.82) is 0 Å². The van der Waals surface area contributed by atoms with E-state index in [-0.39, 0.29) is 0 Å². The molecule has 3 rings (SSSR count). The second-order valence-electron chi connectivity index (χ2n) is 5.54. The molecule has 0 radical (unpaired) electrons. The Morgan fingerprint density at radius 3 is 3.00 bits per heavy atom. The molecule has 0 saturated carbocycles. The first-order valence-corrected chi connectivity index (χ1v) is 7.48. The van der Waals surface area contributed by atoms with Gasteiger partial charge < -0.3 is 5.32 Å². The maximum absolute atomic E-state index is 4.67. The summed E-state index contributed by atoms with van der Waals surface area (Å²) in [6.45, 7) is 4.75. The zero-order valence-electron chi connectivity index (χ0n) is 12.5. The highest BCUT2D eigenvalue weighted by Gasteiger charge is 2.12. The van der Waals surface area contributed by atoms with E-state index >= 15 is 0 Å². The van der Waals surface area contributed by atoms with Crippen LogP contribution in [-0.4, -0.2) is 34.8 Å². The zero-order chi connectivity index (χ0) is 14.5. The SMILES string of the molecule is CN(C/C=C/c1ccccc1)Cc1cc2n(n1)CCNC2. The van der Waals surface area contributed by atoms with Crippen LogP contribution in [0.15, 0.2) is 42.5 Å². The van der Waals surface area contributed by atoms with E-state index in [1.54, 1.807) is 0 Å². The van der Waals surface area contributed by atoms with Crippen molar-refractivity contribution in [3.8, 4) is 0 Å². The Balaban J connectivity index is 1.53. The summed E-state index contributed by atoms with van der Waals surface area (Å²) in [7, 11) is 2.13. The third-order valence-electron chi connectivity index (χ3n) is 3.68. The van der Waals surface area contributed by atoms with Gasteiger partial charge in [-0.1, -0.05) is 42.5 Å². The fourth-order valence-electron chi connectivity index (χ4n) is 2.60. The van der Waals surface area contributed by atoms with Crippen molar-refractivity contribution >= 4 is 6.08 Å². The summed E-state index contributed by atoms with van der Waals surface area (Å²) in [6.07, 6.45) is 4.37. The molecule has 4 nitrogen and oxygen atoms in total. The molecule has 0 bridgehead atoms. The first kappa shape index (κ1) is 14.0. The molecule has 2 aromatic rings. The highest BCUT2D eigenvalue weighted by atomic mass is 15.3. The van der Waals surface area contributed by atoms with Gasteiger partial charge in [-0.25, -0.2) is 0 Å². The summed E-state index contributed by atoms with van der Waals surface area (Å²) in [5.41, 5.74) is 3.70. The van der Waals surface area contributed by atoms with Crippen LogP contribution in [-0.2, 0) is 19.6 Å². The lowest BCUT2D eigenvalue weighted by molar-refractivity contribution is 0.356. The van der Waals surface area contributed by atoms with Crippen LogP contribution in [0.3, 0.4) is 0 Å². The summed E-state index contributed by atoms with van der Waals surface area (Å²) < 4.78 is 2.12. The minimum atomic E-state index is 0.888. The van der Waals surface area contributed by atoms with Gasteiger partial charge in [0.15, 0.2) is 0 Å². The average Bonchev–Trinajstić information content (AvgIpc) is 2.90. The number of aromatic nitrogens is 2. The van der Waals surface area contributed by atoms with Gasteiger partial charge in [-0.05, 0) is 18.7 Å². The molecule has 1 N–H and O–H groups in total. The summed E-state index contributed by atoms with van der Waals surface area (Å²) >= 11 is 0. The molecule has 2 heterocycles. The van der Waals surface area contributed by atoms with Crippen LogP contribution in [0.1, 0.15) is 17.0 Å². The second-order valence-corrected chi connectivity index (χ2v) is 5.54. The number of hydrogen-bond acceptors (Lipinski definition) is 3. The van der Waals surface area contributed by atoms with Crippen LogP contribution in [0.2, 0.25) is 0 Å². The molecule has 1 aliphatic rings. The summed E-state index contributed by atoms with van der Waals surface area (Å²) in [6, 6.07) is 12.6. The van der Waals surface area contributed by atoms with E-state index in [2.05, 4.69) is 69.5 Å². The van der Waals surface area contributed by atoms with Gasteiger partial charge in [0.2, 0.25) is 0 Å². The van der Waals surface area contributed by atoms with Crippen molar-refractivity contribution in [2.45, 2.75) is 19.6 Å². The number of nitrogens with zero attached hydrogens (tertiary/aromatic N) is 3. The fourth-order valence-corrected chi connectivity index (χ4v) is 2.60. The van der Waals surface area contributed by atoms with E-state index < -0.39 is 0 Å². The standard InChI is InChI=1S/C17H22N4/c1-20(10-5-8-15-6-3-2-4-7-15)14-16-12-17-13-18-9-11-21(17)19-16/h2-8,12,18H,9-11,13-14H2,1H3/b8-5+. The number of benzene rings is 1. The van der Waals surface area contributed by atoms with Gasteiger partial charge in [-0.15, -0.1) is 0 Å². The van der Waals surface area contributed by atoms with Crippen molar-refractivity contribution in [2.75, 3.05) is 20.1 Å². The quantitative estimate of drug-likeness (QED) is 0.912. The molecule has 1 aromatic heterocycles. The molecule has 0 fully saturated rings. The van der Waals surface area contributed by atoms with Crippen LogP contribution in [0, 0.1) is 0 Å². The van der Waals surface area contributed by atoms with Crippen molar-refractivity contribution in [2.24, 2.45) is 0 Å². The first-order chi connectivity index (χ1) is 10.3.